The summed E-state index contributed by atoms with van der Waals surface area (Å²) in [7, 11) is 0. The van der Waals surface area contributed by atoms with E-state index in [1.165, 1.54) is 0 Å². The monoisotopic (exact) mass is 234 g/mol. The molecule has 1 rings (SSSR count). The minimum Gasteiger partial charge on any atom is -0.396 e. The van der Waals surface area contributed by atoms with Crippen LogP contribution in [0.4, 0.5) is 0 Å². The second kappa shape index (κ2) is 5.56. The molecule has 1 unspecified atom stereocenters. The molecule has 0 aromatic heterocycles. The molecule has 0 saturated heterocycles. The molecule has 78 valence electrons. The van der Waals surface area contributed by atoms with Crippen LogP contribution in [-0.2, 0) is 0 Å². The second-order valence-electron chi connectivity index (χ2n) is 3.02. The van der Waals surface area contributed by atoms with Gasteiger partial charge in [-0.1, -0.05) is 35.3 Å². The Morgan fingerprint density at radius 1 is 1.29 bits per heavy atom. The van der Waals surface area contributed by atoms with Gasteiger partial charge >= 0.3 is 0 Å². The smallest absolute Gasteiger partial charge is 0.0805 e. The number of rotatable bonds is 4. The van der Waals surface area contributed by atoms with Gasteiger partial charge in [0.25, 0.3) is 0 Å². The van der Waals surface area contributed by atoms with Gasteiger partial charge in [0, 0.05) is 12.2 Å². The van der Waals surface area contributed by atoms with Crippen molar-refractivity contribution < 1.29 is 10.2 Å². The second-order valence-corrected chi connectivity index (χ2v) is 3.81. The Labute approximate surface area is 93.1 Å². The van der Waals surface area contributed by atoms with Crippen molar-refractivity contribution in [3.63, 3.8) is 0 Å². The Hall–Kier alpha value is -0.280. The first kappa shape index (κ1) is 11.8. The van der Waals surface area contributed by atoms with Crippen molar-refractivity contribution in [2.24, 2.45) is 0 Å². The largest absolute Gasteiger partial charge is 0.396 e. The molecule has 2 nitrogen and oxygen atoms in total. The average Bonchev–Trinajstić information content (AvgIpc) is 2.18. The maximum absolute atomic E-state index is 9.70. The number of aliphatic hydroxyl groups is 2. The van der Waals surface area contributed by atoms with E-state index in [9.17, 15) is 5.11 Å². The lowest BCUT2D eigenvalue weighted by Gasteiger charge is -2.12. The van der Waals surface area contributed by atoms with Crippen LogP contribution >= 0.6 is 23.2 Å². The third kappa shape index (κ3) is 2.85. The quantitative estimate of drug-likeness (QED) is 0.842. The van der Waals surface area contributed by atoms with E-state index in [1.54, 1.807) is 18.2 Å². The molecule has 0 saturated carbocycles. The molecule has 0 radical (unpaired) electrons. The van der Waals surface area contributed by atoms with Gasteiger partial charge in [-0.3, -0.25) is 0 Å². The number of benzene rings is 1. The zero-order chi connectivity index (χ0) is 10.6. The van der Waals surface area contributed by atoms with Crippen LogP contribution in [0.1, 0.15) is 24.5 Å². The summed E-state index contributed by atoms with van der Waals surface area (Å²) in [6, 6.07) is 5.15. The van der Waals surface area contributed by atoms with E-state index in [0.29, 0.717) is 28.5 Å². The van der Waals surface area contributed by atoms with E-state index >= 15 is 0 Å². The van der Waals surface area contributed by atoms with Crippen molar-refractivity contribution in [2.45, 2.75) is 18.9 Å². The summed E-state index contributed by atoms with van der Waals surface area (Å²) in [5.41, 5.74) is 0.618. The molecule has 1 atom stereocenters. The summed E-state index contributed by atoms with van der Waals surface area (Å²) in [5, 5.41) is 19.1. The van der Waals surface area contributed by atoms with Crippen molar-refractivity contribution in [3.8, 4) is 0 Å². The Morgan fingerprint density at radius 2 is 2.00 bits per heavy atom. The zero-order valence-corrected chi connectivity index (χ0v) is 9.09. The van der Waals surface area contributed by atoms with Gasteiger partial charge in [0.1, 0.15) is 0 Å². The predicted octanol–water partition coefficient (Wildman–Crippen LogP) is 2.80. The number of hydrogen-bond acceptors (Lipinski definition) is 2. The van der Waals surface area contributed by atoms with Gasteiger partial charge in [-0.2, -0.15) is 0 Å². The van der Waals surface area contributed by atoms with E-state index in [-0.39, 0.29) is 6.61 Å². The molecule has 4 heteroatoms. The third-order valence-corrected chi connectivity index (χ3v) is 2.81. The van der Waals surface area contributed by atoms with Gasteiger partial charge in [-0.15, -0.1) is 0 Å². The van der Waals surface area contributed by atoms with Crippen molar-refractivity contribution in [3.05, 3.63) is 33.8 Å². The fourth-order valence-corrected chi connectivity index (χ4v) is 1.65. The molecule has 0 fully saturated rings. The van der Waals surface area contributed by atoms with E-state index in [2.05, 4.69) is 0 Å². The van der Waals surface area contributed by atoms with Gasteiger partial charge in [0.15, 0.2) is 0 Å². The Morgan fingerprint density at radius 3 is 2.64 bits per heavy atom. The minimum absolute atomic E-state index is 0.0647. The van der Waals surface area contributed by atoms with Crippen LogP contribution in [-0.4, -0.2) is 16.8 Å². The maximum atomic E-state index is 9.70. The molecular formula is C10H12Cl2O2. The first-order valence-corrected chi connectivity index (χ1v) is 5.15. The molecule has 0 spiro atoms. The van der Waals surface area contributed by atoms with E-state index < -0.39 is 6.10 Å². The number of hydrogen-bond donors (Lipinski definition) is 2. The lowest BCUT2D eigenvalue weighted by atomic mass is 10.1. The lowest BCUT2D eigenvalue weighted by molar-refractivity contribution is 0.152. The third-order valence-electron chi connectivity index (χ3n) is 1.98. The van der Waals surface area contributed by atoms with Crippen molar-refractivity contribution in [1.82, 2.24) is 0 Å². The van der Waals surface area contributed by atoms with Crippen LogP contribution < -0.4 is 0 Å². The van der Waals surface area contributed by atoms with Crippen LogP contribution in [0, 0.1) is 0 Å². The molecule has 0 bridgehead atoms. The first-order chi connectivity index (χ1) is 6.66. The standard InChI is InChI=1S/C10H12Cl2O2/c11-8-4-1-3-7(10(8)12)9(14)5-2-6-13/h1,3-4,9,13-14H,2,5-6H2. The van der Waals surface area contributed by atoms with Crippen LogP contribution in [0.25, 0.3) is 0 Å². The fourth-order valence-electron chi connectivity index (χ4n) is 1.22. The van der Waals surface area contributed by atoms with Gasteiger partial charge in [-0.25, -0.2) is 0 Å². The van der Waals surface area contributed by atoms with E-state index in [1.807, 2.05) is 0 Å². The van der Waals surface area contributed by atoms with Crippen LogP contribution in [0.5, 0.6) is 0 Å². The van der Waals surface area contributed by atoms with E-state index in [4.69, 9.17) is 28.3 Å². The molecule has 0 aliphatic rings. The summed E-state index contributed by atoms with van der Waals surface area (Å²) < 4.78 is 0. The summed E-state index contributed by atoms with van der Waals surface area (Å²) in [6.07, 6.45) is 0.369. The SMILES string of the molecule is OCCCC(O)c1cccc(Cl)c1Cl. The number of halogens is 2. The van der Waals surface area contributed by atoms with Gasteiger partial charge in [0.2, 0.25) is 0 Å². The molecule has 0 aliphatic heterocycles. The van der Waals surface area contributed by atoms with Crippen LogP contribution in [0.2, 0.25) is 10.0 Å². The molecule has 1 aromatic rings. The predicted molar refractivity (Wildman–Crippen MR) is 57.7 cm³/mol. The van der Waals surface area contributed by atoms with Crippen molar-refractivity contribution >= 4 is 23.2 Å². The summed E-state index contributed by atoms with van der Waals surface area (Å²) >= 11 is 11.7. The highest BCUT2D eigenvalue weighted by Gasteiger charge is 2.12. The fraction of sp³-hybridized carbons (Fsp3) is 0.400. The average molecular weight is 235 g/mol. The molecule has 0 amide bonds. The highest BCUT2D eigenvalue weighted by Crippen LogP contribution is 2.31. The summed E-state index contributed by atoms with van der Waals surface area (Å²) in [6.45, 7) is 0.0647. The normalized spacial score (nSPS) is 12.9. The molecular weight excluding hydrogens is 223 g/mol. The van der Waals surface area contributed by atoms with Crippen molar-refractivity contribution in [1.29, 1.82) is 0 Å². The molecule has 14 heavy (non-hydrogen) atoms. The summed E-state index contributed by atoms with van der Waals surface area (Å²) in [4.78, 5) is 0. The zero-order valence-electron chi connectivity index (χ0n) is 7.58. The highest BCUT2D eigenvalue weighted by molar-refractivity contribution is 6.42. The lowest BCUT2D eigenvalue weighted by Crippen LogP contribution is -1.99. The van der Waals surface area contributed by atoms with Crippen LogP contribution in [0.15, 0.2) is 18.2 Å². The Kier molecular flexibility index (Phi) is 4.69. The summed E-state index contributed by atoms with van der Waals surface area (Å²) in [5.74, 6) is 0. The topological polar surface area (TPSA) is 40.5 Å². The van der Waals surface area contributed by atoms with Gasteiger partial charge < -0.3 is 10.2 Å². The van der Waals surface area contributed by atoms with Crippen molar-refractivity contribution in [2.75, 3.05) is 6.61 Å². The molecule has 1 aromatic carbocycles. The molecule has 0 aliphatic carbocycles. The first-order valence-electron chi connectivity index (χ1n) is 4.39. The van der Waals surface area contributed by atoms with E-state index in [0.717, 1.165) is 0 Å². The molecule has 2 N–H and O–H groups in total. The number of aliphatic hydroxyl groups excluding tert-OH is 2. The van der Waals surface area contributed by atoms with Crippen LogP contribution in [0.3, 0.4) is 0 Å². The Bertz CT molecular complexity index is 302. The van der Waals surface area contributed by atoms with Gasteiger partial charge in [-0.05, 0) is 18.9 Å². The Balaban J connectivity index is 2.79. The highest BCUT2D eigenvalue weighted by atomic mass is 35.5. The maximum Gasteiger partial charge on any atom is 0.0805 e. The molecule has 0 heterocycles. The minimum atomic E-state index is -0.659. The van der Waals surface area contributed by atoms with Gasteiger partial charge in [0.05, 0.1) is 16.1 Å².